The van der Waals surface area contributed by atoms with Crippen LogP contribution < -0.4 is 16.6 Å². The van der Waals surface area contributed by atoms with Crippen molar-refractivity contribution in [1.82, 2.24) is 9.97 Å². The predicted molar refractivity (Wildman–Crippen MR) is 68.0 cm³/mol. The molecule has 0 spiro atoms. The summed E-state index contributed by atoms with van der Waals surface area (Å²) in [5.74, 6) is 7.55. The molecule has 2 rings (SSSR count). The first-order chi connectivity index (χ1) is 7.76. The molecule has 0 aromatic carbocycles. The van der Waals surface area contributed by atoms with E-state index in [0.717, 1.165) is 16.2 Å². The van der Waals surface area contributed by atoms with E-state index in [1.54, 1.807) is 0 Å². The van der Waals surface area contributed by atoms with E-state index in [0.29, 0.717) is 11.9 Å². The van der Waals surface area contributed by atoms with E-state index in [1.165, 1.54) is 25.6 Å². The number of nitrogens with two attached hydrogens (primary N) is 1. The normalized spacial score (nSPS) is 22.9. The third-order valence-electron chi connectivity index (χ3n) is 2.83. The van der Waals surface area contributed by atoms with Crippen LogP contribution in [0.2, 0.25) is 0 Å². The van der Waals surface area contributed by atoms with Crippen LogP contribution in [0.3, 0.4) is 0 Å². The van der Waals surface area contributed by atoms with Gasteiger partial charge in [0.25, 0.3) is 0 Å². The minimum absolute atomic E-state index is 0.553. The van der Waals surface area contributed by atoms with Gasteiger partial charge in [0.05, 0.1) is 0 Å². The highest BCUT2D eigenvalue weighted by Crippen LogP contribution is 2.38. The van der Waals surface area contributed by atoms with E-state index in [2.05, 4.69) is 43.6 Å². The largest absolute Gasteiger partial charge is 0.366 e. The highest BCUT2D eigenvalue weighted by molar-refractivity contribution is 9.10. The third-order valence-corrected chi connectivity index (χ3v) is 3.58. The maximum atomic E-state index is 5.34. The van der Waals surface area contributed by atoms with Crippen molar-refractivity contribution in [2.45, 2.75) is 32.2 Å². The second-order valence-corrected chi connectivity index (χ2v) is 4.86. The van der Waals surface area contributed by atoms with E-state index in [4.69, 9.17) is 5.84 Å². The van der Waals surface area contributed by atoms with Gasteiger partial charge in [0.15, 0.2) is 5.82 Å². The summed E-state index contributed by atoms with van der Waals surface area (Å²) in [5, 5.41) is 3.40. The Hall–Kier alpha value is -0.880. The Morgan fingerprint density at radius 3 is 2.94 bits per heavy atom. The van der Waals surface area contributed by atoms with Gasteiger partial charge >= 0.3 is 0 Å². The number of hydrogen-bond donors (Lipinski definition) is 3. The van der Waals surface area contributed by atoms with Crippen molar-refractivity contribution in [3.05, 3.63) is 10.8 Å². The van der Waals surface area contributed by atoms with E-state index in [9.17, 15) is 0 Å². The molecule has 1 saturated carbocycles. The molecule has 0 bridgehead atoms. The lowest BCUT2D eigenvalue weighted by atomic mass is 10.2. The quantitative estimate of drug-likeness (QED) is 0.571. The van der Waals surface area contributed by atoms with Gasteiger partial charge in [-0.25, -0.2) is 15.8 Å². The second kappa shape index (κ2) is 4.97. The Morgan fingerprint density at radius 2 is 2.25 bits per heavy atom. The molecule has 88 valence electrons. The van der Waals surface area contributed by atoms with Crippen molar-refractivity contribution < 1.29 is 0 Å². The topological polar surface area (TPSA) is 75.9 Å². The van der Waals surface area contributed by atoms with Gasteiger partial charge in [-0.15, -0.1) is 0 Å². The van der Waals surface area contributed by atoms with Gasteiger partial charge in [-0.05, 0) is 34.7 Å². The number of hydrazine groups is 1. The molecule has 0 radical (unpaired) electrons. The third kappa shape index (κ3) is 2.44. The maximum Gasteiger partial charge on any atom is 0.159 e. The van der Waals surface area contributed by atoms with Crippen LogP contribution in [0, 0.1) is 5.92 Å². The number of rotatable bonds is 5. The zero-order chi connectivity index (χ0) is 11.5. The Kier molecular flexibility index (Phi) is 3.60. The van der Waals surface area contributed by atoms with E-state index < -0.39 is 0 Å². The highest BCUT2D eigenvalue weighted by Gasteiger charge is 2.36. The standard InChI is InChI=1S/C10H16BrN5/c1-2-3-6-4-7(6)15-9-8(11)10(16-12)14-5-13-9/h5-7H,2-4,12H2,1H3,(H2,13,14,15,16). The van der Waals surface area contributed by atoms with Crippen molar-refractivity contribution in [1.29, 1.82) is 0 Å². The summed E-state index contributed by atoms with van der Waals surface area (Å²) in [6.07, 6.45) is 5.25. The van der Waals surface area contributed by atoms with Crippen LogP contribution >= 0.6 is 15.9 Å². The van der Waals surface area contributed by atoms with E-state index in [-0.39, 0.29) is 0 Å². The molecule has 2 atom stereocenters. The van der Waals surface area contributed by atoms with Gasteiger partial charge < -0.3 is 10.7 Å². The van der Waals surface area contributed by atoms with Crippen LogP contribution in [-0.2, 0) is 0 Å². The van der Waals surface area contributed by atoms with Crippen molar-refractivity contribution in [3.8, 4) is 0 Å². The maximum absolute atomic E-state index is 5.34. The molecule has 0 amide bonds. The Bertz CT molecular complexity index is 370. The van der Waals surface area contributed by atoms with Crippen molar-refractivity contribution in [3.63, 3.8) is 0 Å². The van der Waals surface area contributed by atoms with Gasteiger partial charge in [0.2, 0.25) is 0 Å². The summed E-state index contributed by atoms with van der Waals surface area (Å²) in [4.78, 5) is 8.20. The van der Waals surface area contributed by atoms with Crippen LogP contribution in [0.4, 0.5) is 11.6 Å². The molecule has 1 fully saturated rings. The lowest BCUT2D eigenvalue weighted by Crippen LogP contribution is -2.12. The average molecular weight is 286 g/mol. The second-order valence-electron chi connectivity index (χ2n) is 4.06. The molecule has 6 heteroatoms. The first-order valence-electron chi connectivity index (χ1n) is 5.50. The van der Waals surface area contributed by atoms with Crippen LogP contribution in [-0.4, -0.2) is 16.0 Å². The highest BCUT2D eigenvalue weighted by atomic mass is 79.9. The zero-order valence-corrected chi connectivity index (χ0v) is 10.8. The fraction of sp³-hybridized carbons (Fsp3) is 0.600. The summed E-state index contributed by atoms with van der Waals surface area (Å²) < 4.78 is 0.791. The minimum Gasteiger partial charge on any atom is -0.366 e. The molecule has 0 aliphatic heterocycles. The summed E-state index contributed by atoms with van der Waals surface area (Å²) >= 11 is 3.43. The van der Waals surface area contributed by atoms with Crippen molar-refractivity contribution in [2.75, 3.05) is 10.7 Å². The Morgan fingerprint density at radius 1 is 1.50 bits per heavy atom. The Labute approximate surface area is 103 Å². The van der Waals surface area contributed by atoms with Crippen LogP contribution in [0.1, 0.15) is 26.2 Å². The predicted octanol–water partition coefficient (Wildman–Crippen LogP) is 2.13. The summed E-state index contributed by atoms with van der Waals surface area (Å²) in [6, 6.07) is 0.553. The fourth-order valence-electron chi connectivity index (χ4n) is 1.86. The lowest BCUT2D eigenvalue weighted by molar-refractivity contribution is 0.692. The molecule has 2 unspecified atom stereocenters. The lowest BCUT2D eigenvalue weighted by Gasteiger charge is -2.09. The first kappa shape index (κ1) is 11.6. The zero-order valence-electron chi connectivity index (χ0n) is 9.20. The van der Waals surface area contributed by atoms with Crippen LogP contribution in [0.25, 0.3) is 0 Å². The molecular weight excluding hydrogens is 270 g/mol. The number of aromatic nitrogens is 2. The van der Waals surface area contributed by atoms with Crippen molar-refractivity contribution >= 4 is 27.6 Å². The Balaban J connectivity index is 2.00. The number of anilines is 2. The van der Waals surface area contributed by atoms with Gasteiger partial charge in [-0.1, -0.05) is 13.3 Å². The number of hydrogen-bond acceptors (Lipinski definition) is 5. The number of nitrogen functional groups attached to an aromatic ring is 1. The average Bonchev–Trinajstić information content (AvgIpc) is 3.00. The molecule has 1 heterocycles. The smallest absolute Gasteiger partial charge is 0.159 e. The fourth-order valence-corrected chi connectivity index (χ4v) is 2.29. The van der Waals surface area contributed by atoms with Gasteiger partial charge in [0, 0.05) is 6.04 Å². The molecule has 1 aliphatic rings. The number of nitrogens with one attached hydrogen (secondary N) is 2. The minimum atomic E-state index is 0.553. The van der Waals surface area contributed by atoms with Gasteiger partial charge in [0.1, 0.15) is 16.6 Å². The molecule has 1 aromatic rings. The van der Waals surface area contributed by atoms with Crippen LogP contribution in [0.15, 0.2) is 10.8 Å². The number of nitrogens with zero attached hydrogens (tertiary/aromatic N) is 2. The van der Waals surface area contributed by atoms with Crippen LogP contribution in [0.5, 0.6) is 0 Å². The molecule has 5 nitrogen and oxygen atoms in total. The first-order valence-corrected chi connectivity index (χ1v) is 6.29. The molecule has 1 aromatic heterocycles. The van der Waals surface area contributed by atoms with Gasteiger partial charge in [-0.3, -0.25) is 0 Å². The van der Waals surface area contributed by atoms with Gasteiger partial charge in [-0.2, -0.15) is 0 Å². The number of halogens is 1. The van der Waals surface area contributed by atoms with E-state index in [1.807, 2.05) is 0 Å². The summed E-state index contributed by atoms with van der Waals surface area (Å²) in [6.45, 7) is 2.21. The monoisotopic (exact) mass is 285 g/mol. The van der Waals surface area contributed by atoms with Crippen molar-refractivity contribution in [2.24, 2.45) is 11.8 Å². The summed E-state index contributed by atoms with van der Waals surface area (Å²) in [5.41, 5.74) is 2.53. The molecule has 16 heavy (non-hydrogen) atoms. The molecular formula is C10H16BrN5. The SMILES string of the molecule is CCCC1CC1Nc1ncnc(NN)c1Br. The molecule has 0 saturated heterocycles. The summed E-state index contributed by atoms with van der Waals surface area (Å²) in [7, 11) is 0. The molecule has 1 aliphatic carbocycles. The molecule has 4 N–H and O–H groups in total. The van der Waals surface area contributed by atoms with E-state index >= 15 is 0 Å².